The number of hydrogen-bond donors (Lipinski definition) is 1. The monoisotopic (exact) mass is 343 g/mol. The van der Waals surface area contributed by atoms with Crippen LogP contribution in [0.1, 0.15) is 56.3 Å². The quantitative estimate of drug-likeness (QED) is 0.858. The van der Waals surface area contributed by atoms with Crippen LogP contribution in [0.4, 0.5) is 5.00 Å². The maximum absolute atomic E-state index is 12.4. The molecule has 1 aliphatic carbocycles. The van der Waals surface area contributed by atoms with Crippen molar-refractivity contribution in [3.05, 3.63) is 51.4 Å². The van der Waals surface area contributed by atoms with Gasteiger partial charge in [0.05, 0.1) is 17.7 Å². The number of ether oxygens (including phenoxy) is 2. The summed E-state index contributed by atoms with van der Waals surface area (Å²) in [5.74, 6) is -0.651. The van der Waals surface area contributed by atoms with Crippen molar-refractivity contribution in [2.45, 2.75) is 32.4 Å². The number of nitrogens with one attached hydrogen (secondary N) is 1. The standard InChI is InChI=1S/C18H17NO4S/c1-2-22-18(21)14-12-8-5-9-13(12)24-16(14)19-15-10-6-3-4-7-11(10)17(20)23-15/h3-4,6-7,15,19H,2,5,8-9H2,1H3. The van der Waals surface area contributed by atoms with Crippen molar-refractivity contribution < 1.29 is 19.1 Å². The molecular weight excluding hydrogens is 326 g/mol. The van der Waals surface area contributed by atoms with E-state index in [0.29, 0.717) is 17.7 Å². The second kappa shape index (κ2) is 5.94. The third kappa shape index (κ3) is 2.38. The molecule has 1 aliphatic heterocycles. The molecule has 1 N–H and O–H groups in total. The van der Waals surface area contributed by atoms with E-state index in [2.05, 4.69) is 5.32 Å². The average Bonchev–Trinajstić information content (AvgIpc) is 3.22. The van der Waals surface area contributed by atoms with Crippen LogP contribution in [0, 0.1) is 0 Å². The zero-order chi connectivity index (χ0) is 16.7. The van der Waals surface area contributed by atoms with Crippen LogP contribution in [0.5, 0.6) is 0 Å². The minimum Gasteiger partial charge on any atom is -0.462 e. The molecule has 0 bridgehead atoms. The number of anilines is 1. The highest BCUT2D eigenvalue weighted by Gasteiger charge is 2.34. The fraction of sp³-hybridized carbons (Fsp3) is 0.333. The Kier molecular flexibility index (Phi) is 3.76. The van der Waals surface area contributed by atoms with Gasteiger partial charge in [-0.1, -0.05) is 18.2 Å². The van der Waals surface area contributed by atoms with E-state index in [0.717, 1.165) is 35.4 Å². The van der Waals surface area contributed by atoms with Crippen LogP contribution < -0.4 is 5.32 Å². The summed E-state index contributed by atoms with van der Waals surface area (Å²) in [5, 5.41) is 3.97. The summed E-state index contributed by atoms with van der Waals surface area (Å²) < 4.78 is 10.7. The summed E-state index contributed by atoms with van der Waals surface area (Å²) in [7, 11) is 0. The van der Waals surface area contributed by atoms with Crippen molar-refractivity contribution in [2.75, 3.05) is 11.9 Å². The molecule has 5 nitrogen and oxygen atoms in total. The molecule has 4 rings (SSSR count). The molecule has 1 atom stereocenters. The summed E-state index contributed by atoms with van der Waals surface area (Å²) in [6.45, 7) is 2.14. The van der Waals surface area contributed by atoms with Crippen molar-refractivity contribution in [2.24, 2.45) is 0 Å². The molecule has 2 aliphatic rings. The lowest BCUT2D eigenvalue weighted by atomic mass is 10.1. The van der Waals surface area contributed by atoms with Gasteiger partial charge in [0, 0.05) is 10.4 Å². The van der Waals surface area contributed by atoms with Crippen LogP contribution in [0.25, 0.3) is 0 Å². The Morgan fingerprint density at radius 1 is 1.38 bits per heavy atom. The van der Waals surface area contributed by atoms with Gasteiger partial charge in [-0.25, -0.2) is 9.59 Å². The summed E-state index contributed by atoms with van der Waals surface area (Å²) in [5.41, 5.74) is 3.05. The molecular formula is C18H17NO4S. The van der Waals surface area contributed by atoms with Crippen molar-refractivity contribution in [3.8, 4) is 0 Å². The Morgan fingerprint density at radius 3 is 3.04 bits per heavy atom. The largest absolute Gasteiger partial charge is 0.462 e. The second-order valence-corrected chi connectivity index (χ2v) is 6.90. The highest BCUT2D eigenvalue weighted by atomic mass is 32.1. The minimum atomic E-state index is -0.569. The first-order chi connectivity index (χ1) is 11.7. The zero-order valence-electron chi connectivity index (χ0n) is 13.3. The third-order valence-corrected chi connectivity index (χ3v) is 5.57. The van der Waals surface area contributed by atoms with E-state index >= 15 is 0 Å². The number of cyclic esters (lactones) is 1. The molecule has 2 heterocycles. The number of fused-ring (bicyclic) bond motifs is 2. The van der Waals surface area contributed by atoms with Crippen LogP contribution in [0.15, 0.2) is 24.3 Å². The van der Waals surface area contributed by atoms with Crippen LogP contribution in [0.3, 0.4) is 0 Å². The number of aryl methyl sites for hydroxylation is 1. The first-order valence-corrected chi connectivity index (χ1v) is 8.88. The Hall–Kier alpha value is -2.34. The van der Waals surface area contributed by atoms with Gasteiger partial charge >= 0.3 is 11.9 Å². The summed E-state index contributed by atoms with van der Waals surface area (Å²) in [6.07, 6.45) is 2.37. The molecule has 124 valence electrons. The van der Waals surface area contributed by atoms with E-state index in [1.165, 1.54) is 4.88 Å². The van der Waals surface area contributed by atoms with Gasteiger partial charge in [0.1, 0.15) is 5.00 Å². The second-order valence-electron chi connectivity index (χ2n) is 5.80. The molecule has 24 heavy (non-hydrogen) atoms. The number of hydrogen-bond acceptors (Lipinski definition) is 6. The van der Waals surface area contributed by atoms with Gasteiger partial charge in [-0.05, 0) is 37.8 Å². The van der Waals surface area contributed by atoms with Gasteiger partial charge < -0.3 is 14.8 Å². The molecule has 1 aromatic heterocycles. The van der Waals surface area contributed by atoms with E-state index in [-0.39, 0.29) is 11.9 Å². The maximum Gasteiger partial charge on any atom is 0.341 e. The van der Waals surface area contributed by atoms with E-state index in [9.17, 15) is 9.59 Å². The Bertz CT molecular complexity index is 826. The predicted molar refractivity (Wildman–Crippen MR) is 90.5 cm³/mol. The Morgan fingerprint density at radius 2 is 2.21 bits per heavy atom. The SMILES string of the molecule is CCOC(=O)c1c(NC2OC(=O)c3ccccc32)sc2c1CCC2. The molecule has 2 aromatic rings. The summed E-state index contributed by atoms with van der Waals surface area (Å²) in [4.78, 5) is 25.6. The van der Waals surface area contributed by atoms with Crippen LogP contribution in [0.2, 0.25) is 0 Å². The number of thiophene rings is 1. The van der Waals surface area contributed by atoms with Crippen molar-refractivity contribution in [1.29, 1.82) is 0 Å². The Labute approximate surface area is 143 Å². The number of rotatable bonds is 4. The molecule has 1 aromatic carbocycles. The summed E-state index contributed by atoms with van der Waals surface area (Å²) >= 11 is 1.56. The van der Waals surface area contributed by atoms with Crippen molar-refractivity contribution in [3.63, 3.8) is 0 Å². The summed E-state index contributed by atoms with van der Waals surface area (Å²) in [6, 6.07) is 7.30. The fourth-order valence-electron chi connectivity index (χ4n) is 3.30. The average molecular weight is 343 g/mol. The van der Waals surface area contributed by atoms with Gasteiger partial charge in [-0.3, -0.25) is 0 Å². The molecule has 0 fully saturated rings. The number of carbonyl (C=O) groups is 2. The lowest BCUT2D eigenvalue weighted by Gasteiger charge is -2.14. The lowest BCUT2D eigenvalue weighted by Crippen LogP contribution is -2.14. The number of esters is 2. The molecule has 0 amide bonds. The van der Waals surface area contributed by atoms with E-state index < -0.39 is 6.23 Å². The molecule has 1 unspecified atom stereocenters. The highest BCUT2D eigenvalue weighted by molar-refractivity contribution is 7.16. The minimum absolute atomic E-state index is 0.308. The molecule has 0 radical (unpaired) electrons. The van der Waals surface area contributed by atoms with Gasteiger partial charge in [0.15, 0.2) is 0 Å². The van der Waals surface area contributed by atoms with Crippen LogP contribution >= 0.6 is 11.3 Å². The predicted octanol–water partition coefficient (Wildman–Crippen LogP) is 3.69. The van der Waals surface area contributed by atoms with Gasteiger partial charge in [0.2, 0.25) is 6.23 Å². The molecule has 0 saturated heterocycles. The Balaban J connectivity index is 1.69. The topological polar surface area (TPSA) is 64.6 Å². The molecule has 6 heteroatoms. The molecule has 0 spiro atoms. The van der Waals surface area contributed by atoms with E-state index in [1.54, 1.807) is 24.3 Å². The first kappa shape index (κ1) is 15.2. The van der Waals surface area contributed by atoms with Gasteiger partial charge in [-0.15, -0.1) is 11.3 Å². The van der Waals surface area contributed by atoms with E-state index in [1.807, 2.05) is 18.2 Å². The first-order valence-electron chi connectivity index (χ1n) is 8.07. The molecule has 0 saturated carbocycles. The van der Waals surface area contributed by atoms with Gasteiger partial charge in [0.25, 0.3) is 0 Å². The van der Waals surface area contributed by atoms with E-state index in [4.69, 9.17) is 9.47 Å². The van der Waals surface area contributed by atoms with Crippen LogP contribution in [-0.4, -0.2) is 18.5 Å². The van der Waals surface area contributed by atoms with Gasteiger partial charge in [-0.2, -0.15) is 0 Å². The fourth-order valence-corrected chi connectivity index (χ4v) is 4.59. The highest BCUT2D eigenvalue weighted by Crippen LogP contribution is 2.42. The normalized spacial score (nSPS) is 18.0. The van der Waals surface area contributed by atoms with Crippen molar-refractivity contribution in [1.82, 2.24) is 0 Å². The van der Waals surface area contributed by atoms with Crippen LogP contribution in [-0.2, 0) is 22.3 Å². The third-order valence-electron chi connectivity index (χ3n) is 4.35. The maximum atomic E-state index is 12.4. The smallest absolute Gasteiger partial charge is 0.341 e. The lowest BCUT2D eigenvalue weighted by molar-refractivity contribution is 0.0437. The van der Waals surface area contributed by atoms with Crippen molar-refractivity contribution >= 4 is 28.3 Å². The zero-order valence-corrected chi connectivity index (χ0v) is 14.1. The number of carbonyl (C=O) groups excluding carboxylic acids is 2. The number of benzene rings is 1.